The minimum atomic E-state index is 0.449. The van der Waals surface area contributed by atoms with Gasteiger partial charge in [0.1, 0.15) is 6.33 Å². The molecule has 2 aromatic heterocycles. The lowest BCUT2D eigenvalue weighted by molar-refractivity contribution is 0.665. The predicted molar refractivity (Wildman–Crippen MR) is 171 cm³/mol. The van der Waals surface area contributed by atoms with Crippen molar-refractivity contribution in [2.24, 2.45) is 0 Å². The second-order valence-corrected chi connectivity index (χ2v) is 11.3. The number of nitriles is 1. The molecule has 0 fully saturated rings. The highest BCUT2D eigenvalue weighted by atomic mass is 79.9. The van der Waals surface area contributed by atoms with Crippen molar-refractivity contribution in [3.63, 3.8) is 0 Å². The Morgan fingerprint density at radius 1 is 0.929 bits per heavy atom. The van der Waals surface area contributed by atoms with Crippen molar-refractivity contribution in [3.05, 3.63) is 122 Å². The first-order valence-electron chi connectivity index (χ1n) is 13.1. The predicted octanol–water partition coefficient (Wildman–Crippen LogP) is 6.80. The molecular weight excluding hydrogens is 656 g/mol. The van der Waals surface area contributed by atoms with Crippen LogP contribution in [0.3, 0.4) is 0 Å². The van der Waals surface area contributed by atoms with E-state index in [1.54, 1.807) is 6.33 Å². The van der Waals surface area contributed by atoms with E-state index in [0.29, 0.717) is 37.0 Å². The van der Waals surface area contributed by atoms with E-state index in [2.05, 4.69) is 76.4 Å². The fourth-order valence-corrected chi connectivity index (χ4v) is 4.85. The third-order valence-corrected chi connectivity index (χ3v) is 8.13. The van der Waals surface area contributed by atoms with Gasteiger partial charge in [-0.25, -0.2) is 4.98 Å². The number of aromatic nitrogens is 5. The van der Waals surface area contributed by atoms with E-state index in [0.717, 1.165) is 43.7 Å². The molecule has 2 heterocycles. The van der Waals surface area contributed by atoms with Crippen molar-refractivity contribution in [2.45, 2.75) is 26.4 Å². The third kappa shape index (κ3) is 7.22. The summed E-state index contributed by atoms with van der Waals surface area (Å²) in [5.74, 6) is 4.64. The van der Waals surface area contributed by atoms with Crippen LogP contribution in [0, 0.1) is 30.6 Å². The second-order valence-electron chi connectivity index (χ2n) is 9.60. The van der Waals surface area contributed by atoms with Crippen molar-refractivity contribution in [2.75, 3.05) is 16.8 Å². The first-order chi connectivity index (χ1) is 20.4. The first-order valence-corrected chi connectivity index (χ1v) is 14.7. The van der Waals surface area contributed by atoms with Gasteiger partial charge in [-0.15, -0.1) is 16.6 Å². The van der Waals surface area contributed by atoms with E-state index in [9.17, 15) is 0 Å². The maximum absolute atomic E-state index is 9.13. The standard InChI is InChI=1S/C32H26Br2N8/c1-3-23-10-14-28(15-11-23)38-31-30(34)22(2)37-32(39-31)41(17-16-24-8-12-27(33)13-9-24)20-29-40-36-21-42(29)19-26-6-4-25(18-35)5-7-26/h1,4-15,21H,16-17,19-20H2,2H3,(H,37,38,39). The zero-order valence-electron chi connectivity index (χ0n) is 22.8. The number of rotatable bonds is 10. The average Bonchev–Trinajstić information content (AvgIpc) is 3.45. The molecule has 0 aliphatic heterocycles. The highest BCUT2D eigenvalue weighted by Gasteiger charge is 2.19. The summed E-state index contributed by atoms with van der Waals surface area (Å²) in [6.45, 7) is 3.63. The minimum absolute atomic E-state index is 0.449. The fraction of sp³-hybridized carbons (Fsp3) is 0.156. The van der Waals surface area contributed by atoms with Gasteiger partial charge in [0.2, 0.25) is 5.95 Å². The number of hydrogen-bond acceptors (Lipinski definition) is 7. The van der Waals surface area contributed by atoms with Gasteiger partial charge in [0.15, 0.2) is 11.6 Å². The van der Waals surface area contributed by atoms with Crippen LogP contribution < -0.4 is 10.2 Å². The molecule has 0 aliphatic carbocycles. The summed E-state index contributed by atoms with van der Waals surface area (Å²) in [5.41, 5.74) is 5.35. The number of aryl methyl sites for hydroxylation is 1. The van der Waals surface area contributed by atoms with Crippen molar-refractivity contribution < 1.29 is 0 Å². The van der Waals surface area contributed by atoms with Crippen molar-refractivity contribution in [1.82, 2.24) is 24.7 Å². The molecule has 1 N–H and O–H groups in total. The van der Waals surface area contributed by atoms with E-state index in [-0.39, 0.29) is 0 Å². The molecule has 8 nitrogen and oxygen atoms in total. The molecule has 0 amide bonds. The number of nitrogens with zero attached hydrogens (tertiary/aromatic N) is 7. The van der Waals surface area contributed by atoms with Gasteiger partial charge >= 0.3 is 0 Å². The lowest BCUT2D eigenvalue weighted by Gasteiger charge is -2.24. The Morgan fingerprint density at radius 2 is 1.62 bits per heavy atom. The lowest BCUT2D eigenvalue weighted by Crippen LogP contribution is -2.29. The van der Waals surface area contributed by atoms with E-state index in [1.165, 1.54) is 5.56 Å². The van der Waals surface area contributed by atoms with E-state index in [1.807, 2.05) is 72.2 Å². The number of halogens is 2. The SMILES string of the molecule is C#Cc1ccc(Nc2nc(N(CCc3ccc(Br)cc3)Cc3nncn3Cc3ccc(C#N)cc3)nc(C)c2Br)cc1. The quantitative estimate of drug-likeness (QED) is 0.162. The van der Waals surface area contributed by atoms with Gasteiger partial charge in [-0.3, -0.25) is 0 Å². The Labute approximate surface area is 261 Å². The molecule has 0 atom stereocenters. The molecule has 0 bridgehead atoms. The number of terminal acetylenes is 1. The Bertz CT molecular complexity index is 1750. The first kappa shape index (κ1) is 29.0. The molecular formula is C32H26Br2N8. The number of nitrogens with one attached hydrogen (secondary N) is 1. The molecule has 0 aliphatic rings. The monoisotopic (exact) mass is 680 g/mol. The molecule has 5 aromatic rings. The summed E-state index contributed by atoms with van der Waals surface area (Å²) < 4.78 is 3.83. The smallest absolute Gasteiger partial charge is 0.228 e. The average molecular weight is 682 g/mol. The molecule has 42 heavy (non-hydrogen) atoms. The Kier molecular flexibility index (Phi) is 9.28. The van der Waals surface area contributed by atoms with Crippen LogP contribution in [0.2, 0.25) is 0 Å². The van der Waals surface area contributed by atoms with Crippen LogP contribution in [0.5, 0.6) is 0 Å². The van der Waals surface area contributed by atoms with E-state index >= 15 is 0 Å². The van der Waals surface area contributed by atoms with Crippen LogP contribution in [0.15, 0.2) is 88.1 Å². The van der Waals surface area contributed by atoms with Crippen LogP contribution in [-0.4, -0.2) is 31.3 Å². The number of anilines is 3. The molecule has 208 valence electrons. The molecule has 0 spiro atoms. The van der Waals surface area contributed by atoms with E-state index < -0.39 is 0 Å². The van der Waals surface area contributed by atoms with Crippen LogP contribution >= 0.6 is 31.9 Å². The summed E-state index contributed by atoms with van der Waals surface area (Å²) in [6, 6.07) is 25.6. The fourth-order valence-electron chi connectivity index (χ4n) is 4.31. The van der Waals surface area contributed by atoms with Gasteiger partial charge in [-0.2, -0.15) is 10.2 Å². The molecule has 3 aromatic carbocycles. The summed E-state index contributed by atoms with van der Waals surface area (Å²) in [7, 11) is 0. The molecule has 0 saturated carbocycles. The van der Waals surface area contributed by atoms with Crippen LogP contribution in [0.4, 0.5) is 17.5 Å². The number of benzene rings is 3. The van der Waals surface area contributed by atoms with Gasteiger partial charge in [0.25, 0.3) is 0 Å². The Hall–Kier alpha value is -4.51. The highest BCUT2D eigenvalue weighted by Crippen LogP contribution is 2.29. The van der Waals surface area contributed by atoms with Crippen molar-refractivity contribution in [1.29, 1.82) is 5.26 Å². The van der Waals surface area contributed by atoms with Gasteiger partial charge in [0, 0.05) is 22.3 Å². The minimum Gasteiger partial charge on any atom is -0.339 e. The van der Waals surface area contributed by atoms with E-state index in [4.69, 9.17) is 21.7 Å². The number of hydrogen-bond donors (Lipinski definition) is 1. The second kappa shape index (κ2) is 13.4. The molecule has 0 radical (unpaired) electrons. The van der Waals surface area contributed by atoms with Crippen molar-refractivity contribution >= 4 is 49.3 Å². The summed E-state index contributed by atoms with van der Waals surface area (Å²) in [5, 5.41) is 21.2. The third-order valence-electron chi connectivity index (χ3n) is 6.65. The van der Waals surface area contributed by atoms with Gasteiger partial charge in [-0.05, 0) is 88.9 Å². The zero-order valence-corrected chi connectivity index (χ0v) is 26.0. The highest BCUT2D eigenvalue weighted by molar-refractivity contribution is 9.11. The topological polar surface area (TPSA) is 95.5 Å². The summed E-state index contributed by atoms with van der Waals surface area (Å²) >= 11 is 7.18. The Balaban J connectivity index is 1.44. The molecule has 0 unspecified atom stereocenters. The van der Waals surface area contributed by atoms with Gasteiger partial charge < -0.3 is 14.8 Å². The largest absolute Gasteiger partial charge is 0.339 e. The summed E-state index contributed by atoms with van der Waals surface area (Å²) in [4.78, 5) is 11.9. The lowest BCUT2D eigenvalue weighted by atomic mass is 10.1. The molecule has 0 saturated heterocycles. The van der Waals surface area contributed by atoms with Gasteiger partial charge in [0.05, 0.1) is 34.9 Å². The zero-order chi connectivity index (χ0) is 29.5. The van der Waals surface area contributed by atoms with Gasteiger partial charge in [-0.1, -0.05) is 46.1 Å². The van der Waals surface area contributed by atoms with Crippen LogP contribution in [-0.2, 0) is 19.5 Å². The maximum atomic E-state index is 9.13. The van der Waals surface area contributed by atoms with Crippen LogP contribution in [0.25, 0.3) is 0 Å². The Morgan fingerprint density at radius 3 is 2.31 bits per heavy atom. The van der Waals surface area contributed by atoms with Crippen molar-refractivity contribution in [3.8, 4) is 18.4 Å². The molecule has 10 heteroatoms. The summed E-state index contributed by atoms with van der Waals surface area (Å²) in [6.07, 6.45) is 8.03. The molecule has 5 rings (SSSR count). The maximum Gasteiger partial charge on any atom is 0.228 e. The normalized spacial score (nSPS) is 10.6. The van der Waals surface area contributed by atoms with Crippen LogP contribution in [0.1, 0.15) is 33.8 Å².